The summed E-state index contributed by atoms with van der Waals surface area (Å²) < 4.78 is 9.58. The Morgan fingerprint density at radius 3 is 2.75 bits per heavy atom. The van der Waals surface area contributed by atoms with Gasteiger partial charge in [-0.05, 0) is 6.42 Å². The van der Waals surface area contributed by atoms with Gasteiger partial charge in [0.1, 0.15) is 0 Å². The molecule has 0 aliphatic carbocycles. The van der Waals surface area contributed by atoms with Crippen LogP contribution in [-0.4, -0.2) is 62.8 Å². The second kappa shape index (κ2) is 7.00. The van der Waals surface area contributed by atoms with Crippen molar-refractivity contribution in [1.82, 2.24) is 23.6 Å². The smallest absolute Gasteiger partial charge is 0.332 e. The van der Waals surface area contributed by atoms with Crippen molar-refractivity contribution >= 4 is 17.5 Å². The number of hydrogen-bond donors (Lipinski definition) is 0. The Morgan fingerprint density at radius 2 is 2.00 bits per heavy atom. The van der Waals surface area contributed by atoms with Crippen molar-refractivity contribution in [1.29, 1.82) is 0 Å². The Bertz CT molecular complexity index is 856. The first kappa shape index (κ1) is 16.4. The molecule has 0 amide bonds. The van der Waals surface area contributed by atoms with E-state index in [4.69, 9.17) is 4.74 Å². The number of rotatable bonds is 5. The molecule has 0 aromatic carbocycles. The summed E-state index contributed by atoms with van der Waals surface area (Å²) in [7, 11) is 3.10. The number of aryl methyl sites for hydroxylation is 2. The zero-order chi connectivity index (χ0) is 17.1. The number of aliphatic imine (C=N–C) groups is 1. The van der Waals surface area contributed by atoms with Gasteiger partial charge in [0.15, 0.2) is 11.2 Å². The summed E-state index contributed by atoms with van der Waals surface area (Å²) in [5.74, 6) is 0. The number of hydrogen-bond acceptors (Lipinski definition) is 5. The predicted molar refractivity (Wildman–Crippen MR) is 90.6 cm³/mol. The zero-order valence-corrected chi connectivity index (χ0v) is 14.0. The van der Waals surface area contributed by atoms with Gasteiger partial charge < -0.3 is 14.2 Å². The lowest BCUT2D eigenvalue weighted by atomic mass is 10.4. The van der Waals surface area contributed by atoms with E-state index in [9.17, 15) is 9.59 Å². The van der Waals surface area contributed by atoms with Crippen LogP contribution in [0.25, 0.3) is 11.2 Å². The van der Waals surface area contributed by atoms with Gasteiger partial charge in [0, 0.05) is 40.3 Å². The predicted octanol–water partition coefficient (Wildman–Crippen LogP) is -0.816. The van der Waals surface area contributed by atoms with Gasteiger partial charge in [-0.15, -0.1) is 0 Å². The quantitative estimate of drug-likeness (QED) is 0.405. The van der Waals surface area contributed by atoms with Crippen LogP contribution in [0.4, 0.5) is 0 Å². The van der Waals surface area contributed by atoms with Crippen LogP contribution >= 0.6 is 0 Å². The highest BCUT2D eigenvalue weighted by molar-refractivity contribution is 5.69. The fraction of sp³-hybridized carbons (Fsp3) is 0.600. The van der Waals surface area contributed by atoms with E-state index in [1.807, 2.05) is 6.34 Å². The number of imidazole rings is 1. The molecular formula is C15H22N6O3. The van der Waals surface area contributed by atoms with E-state index in [1.165, 1.54) is 11.6 Å². The van der Waals surface area contributed by atoms with Crippen LogP contribution in [0.5, 0.6) is 0 Å². The number of nitrogens with zero attached hydrogens (tertiary/aromatic N) is 6. The van der Waals surface area contributed by atoms with E-state index < -0.39 is 0 Å². The van der Waals surface area contributed by atoms with Crippen molar-refractivity contribution in [3.63, 3.8) is 0 Å². The molecule has 0 bridgehead atoms. The summed E-state index contributed by atoms with van der Waals surface area (Å²) in [4.78, 5) is 35.0. The van der Waals surface area contributed by atoms with E-state index in [0.29, 0.717) is 24.3 Å². The van der Waals surface area contributed by atoms with Crippen molar-refractivity contribution in [2.45, 2.75) is 13.0 Å². The monoisotopic (exact) mass is 334 g/mol. The Balaban J connectivity index is 1.67. The van der Waals surface area contributed by atoms with E-state index in [-0.39, 0.29) is 11.2 Å². The van der Waals surface area contributed by atoms with Crippen molar-refractivity contribution in [2.75, 3.05) is 32.8 Å². The largest absolute Gasteiger partial charge is 0.378 e. The number of ether oxygens (including phenoxy) is 1. The summed E-state index contributed by atoms with van der Waals surface area (Å²) in [6.07, 6.45) is 4.27. The second-order valence-corrected chi connectivity index (χ2v) is 5.84. The molecule has 0 saturated carbocycles. The summed E-state index contributed by atoms with van der Waals surface area (Å²) in [6, 6.07) is 0. The van der Waals surface area contributed by atoms with Crippen molar-refractivity contribution in [2.24, 2.45) is 19.1 Å². The minimum Gasteiger partial charge on any atom is -0.378 e. The van der Waals surface area contributed by atoms with Gasteiger partial charge in [0.05, 0.1) is 25.9 Å². The zero-order valence-electron chi connectivity index (χ0n) is 14.0. The van der Waals surface area contributed by atoms with Crippen LogP contribution in [-0.2, 0) is 25.4 Å². The second-order valence-electron chi connectivity index (χ2n) is 5.84. The molecular weight excluding hydrogens is 312 g/mol. The third-order valence-electron chi connectivity index (χ3n) is 4.19. The van der Waals surface area contributed by atoms with Gasteiger partial charge in [0.25, 0.3) is 5.56 Å². The first-order chi connectivity index (χ1) is 11.6. The SMILES string of the molecule is Cn1c(=O)c2c(ncn2CCCN=CN2CCOCC2)n(C)c1=O. The third-order valence-corrected chi connectivity index (χ3v) is 4.19. The van der Waals surface area contributed by atoms with E-state index in [0.717, 1.165) is 37.3 Å². The molecule has 9 heteroatoms. The Morgan fingerprint density at radius 1 is 1.25 bits per heavy atom. The fourth-order valence-corrected chi connectivity index (χ4v) is 2.76. The molecule has 0 atom stereocenters. The third kappa shape index (κ3) is 3.12. The van der Waals surface area contributed by atoms with Gasteiger partial charge in [-0.25, -0.2) is 9.78 Å². The maximum absolute atomic E-state index is 12.3. The molecule has 1 saturated heterocycles. The molecule has 1 aliphatic heterocycles. The summed E-state index contributed by atoms with van der Waals surface area (Å²) in [5.41, 5.74) is 0.187. The van der Waals surface area contributed by atoms with Gasteiger partial charge in [0.2, 0.25) is 0 Å². The van der Waals surface area contributed by atoms with Crippen LogP contribution in [0.2, 0.25) is 0 Å². The molecule has 1 fully saturated rings. The van der Waals surface area contributed by atoms with Gasteiger partial charge in [-0.1, -0.05) is 0 Å². The first-order valence-corrected chi connectivity index (χ1v) is 8.02. The number of morpholine rings is 1. The standard InChI is InChI=1S/C15H22N6O3/c1-18-13-12(14(22)19(2)15(18)23)21(11-17-13)5-3-4-16-10-20-6-8-24-9-7-20/h10-11H,3-9H2,1-2H3. The molecule has 130 valence electrons. The summed E-state index contributed by atoms with van der Waals surface area (Å²) in [6.45, 7) is 4.54. The molecule has 9 nitrogen and oxygen atoms in total. The molecule has 3 heterocycles. The van der Waals surface area contributed by atoms with Crippen LogP contribution in [0.1, 0.15) is 6.42 Å². The Hall–Kier alpha value is -2.42. The molecule has 2 aromatic rings. The van der Waals surface area contributed by atoms with Crippen molar-refractivity contribution < 1.29 is 4.74 Å². The lowest BCUT2D eigenvalue weighted by Gasteiger charge is -2.24. The van der Waals surface area contributed by atoms with Crippen LogP contribution in [0, 0.1) is 0 Å². The molecule has 1 aliphatic rings. The van der Waals surface area contributed by atoms with E-state index >= 15 is 0 Å². The highest BCUT2D eigenvalue weighted by atomic mass is 16.5. The summed E-state index contributed by atoms with van der Waals surface area (Å²) in [5, 5.41) is 0. The van der Waals surface area contributed by atoms with E-state index in [1.54, 1.807) is 17.9 Å². The molecule has 0 radical (unpaired) electrons. The Kier molecular flexibility index (Phi) is 4.79. The number of aromatic nitrogens is 4. The van der Waals surface area contributed by atoms with Crippen molar-refractivity contribution in [3.05, 3.63) is 27.2 Å². The molecule has 24 heavy (non-hydrogen) atoms. The maximum Gasteiger partial charge on any atom is 0.332 e. The molecule has 0 N–H and O–H groups in total. The Labute approximate surface area is 138 Å². The van der Waals surface area contributed by atoms with Gasteiger partial charge in [-0.3, -0.25) is 18.9 Å². The topological polar surface area (TPSA) is 86.7 Å². The van der Waals surface area contributed by atoms with E-state index in [2.05, 4.69) is 14.9 Å². The fourth-order valence-electron chi connectivity index (χ4n) is 2.76. The van der Waals surface area contributed by atoms with Crippen LogP contribution in [0.3, 0.4) is 0 Å². The average Bonchev–Trinajstić information content (AvgIpc) is 3.03. The minimum absolute atomic E-state index is 0.317. The maximum atomic E-state index is 12.3. The molecule has 0 unspecified atom stereocenters. The molecule has 3 rings (SSSR count). The first-order valence-electron chi connectivity index (χ1n) is 8.02. The van der Waals surface area contributed by atoms with Crippen LogP contribution < -0.4 is 11.2 Å². The lowest BCUT2D eigenvalue weighted by Crippen LogP contribution is -2.37. The lowest BCUT2D eigenvalue weighted by molar-refractivity contribution is 0.0700. The molecule has 2 aromatic heterocycles. The highest BCUT2D eigenvalue weighted by Gasteiger charge is 2.13. The van der Waals surface area contributed by atoms with Gasteiger partial charge >= 0.3 is 5.69 Å². The molecule has 0 spiro atoms. The van der Waals surface area contributed by atoms with Crippen LogP contribution in [0.15, 0.2) is 20.9 Å². The van der Waals surface area contributed by atoms with Gasteiger partial charge in [-0.2, -0.15) is 0 Å². The highest BCUT2D eigenvalue weighted by Crippen LogP contribution is 2.06. The number of fused-ring (bicyclic) bond motifs is 1. The summed E-state index contributed by atoms with van der Waals surface area (Å²) >= 11 is 0. The average molecular weight is 334 g/mol. The minimum atomic E-state index is -0.368. The van der Waals surface area contributed by atoms with Crippen molar-refractivity contribution in [3.8, 4) is 0 Å². The normalized spacial score (nSPS) is 15.7.